The summed E-state index contributed by atoms with van der Waals surface area (Å²) in [4.78, 5) is 4.33. The average molecular weight is 259 g/mol. The fraction of sp³-hybridized carbons (Fsp3) is 0.143. The number of halogens is 1. The number of rotatable bonds is 0. The highest BCUT2D eigenvalue weighted by molar-refractivity contribution is 6.31. The van der Waals surface area contributed by atoms with E-state index in [1.165, 1.54) is 0 Å². The van der Waals surface area contributed by atoms with Crippen molar-refractivity contribution < 1.29 is 5.21 Å². The van der Waals surface area contributed by atoms with E-state index in [2.05, 4.69) is 10.1 Å². The van der Waals surface area contributed by atoms with E-state index in [9.17, 15) is 5.21 Å². The van der Waals surface area contributed by atoms with Crippen molar-refractivity contribution >= 4 is 17.3 Å². The van der Waals surface area contributed by atoms with Gasteiger partial charge in [-0.3, -0.25) is 4.98 Å². The van der Waals surface area contributed by atoms with Crippen LogP contribution >= 0.6 is 11.6 Å². The minimum Gasteiger partial charge on any atom is -0.410 e. The molecule has 0 fully saturated rings. The Bertz CT molecular complexity index is 637. The number of hydrogen-bond acceptors (Lipinski definition) is 3. The van der Waals surface area contributed by atoms with Crippen LogP contribution in [-0.4, -0.2) is 15.9 Å². The smallest absolute Gasteiger partial charge is 0.136 e. The van der Waals surface area contributed by atoms with Crippen molar-refractivity contribution in [1.82, 2.24) is 4.98 Å². The topological polar surface area (TPSA) is 45.5 Å². The molecule has 3 rings (SSSR count). The summed E-state index contributed by atoms with van der Waals surface area (Å²) in [6, 6.07) is 9.53. The number of oxime groups is 1. The Labute approximate surface area is 110 Å². The minimum atomic E-state index is 0.523. The summed E-state index contributed by atoms with van der Waals surface area (Å²) in [6.07, 6.45) is 3.45. The number of aryl methyl sites for hydroxylation is 2. The molecule has 0 radical (unpaired) electrons. The maximum Gasteiger partial charge on any atom is 0.136 e. The predicted molar refractivity (Wildman–Crippen MR) is 70.5 cm³/mol. The first kappa shape index (κ1) is 11.2. The van der Waals surface area contributed by atoms with E-state index in [1.54, 1.807) is 12.3 Å². The Morgan fingerprint density at radius 3 is 2.83 bits per heavy atom. The fourth-order valence-electron chi connectivity index (χ4n) is 2.35. The summed E-state index contributed by atoms with van der Waals surface area (Å²) in [5, 5.41) is 13.4. The molecule has 0 unspecified atom stereocenters. The van der Waals surface area contributed by atoms with Gasteiger partial charge in [0.1, 0.15) is 5.71 Å². The number of hydrogen-bond donors (Lipinski definition) is 1. The molecule has 90 valence electrons. The van der Waals surface area contributed by atoms with Gasteiger partial charge in [-0.2, -0.15) is 0 Å². The van der Waals surface area contributed by atoms with Crippen LogP contribution in [0.4, 0.5) is 0 Å². The molecule has 0 aliphatic heterocycles. The minimum absolute atomic E-state index is 0.523. The van der Waals surface area contributed by atoms with Gasteiger partial charge in [0, 0.05) is 16.8 Å². The third-order valence-electron chi connectivity index (χ3n) is 3.20. The van der Waals surface area contributed by atoms with Gasteiger partial charge in [-0.05, 0) is 42.2 Å². The lowest BCUT2D eigenvalue weighted by Crippen LogP contribution is -2.08. The summed E-state index contributed by atoms with van der Waals surface area (Å²) >= 11 is 6.01. The van der Waals surface area contributed by atoms with Gasteiger partial charge in [0.2, 0.25) is 0 Å². The van der Waals surface area contributed by atoms with Gasteiger partial charge in [-0.25, -0.2) is 0 Å². The molecule has 1 aliphatic carbocycles. The quantitative estimate of drug-likeness (QED) is 0.583. The van der Waals surface area contributed by atoms with Crippen LogP contribution in [0, 0.1) is 0 Å². The molecule has 1 aromatic carbocycles. The second-order valence-corrected chi connectivity index (χ2v) is 4.70. The van der Waals surface area contributed by atoms with E-state index in [0.29, 0.717) is 10.7 Å². The molecule has 1 N–H and O–H groups in total. The normalized spacial score (nSPS) is 15.9. The number of fused-ring (bicyclic) bond motifs is 2. The van der Waals surface area contributed by atoms with Crippen molar-refractivity contribution in [1.29, 1.82) is 0 Å². The Morgan fingerprint density at radius 2 is 2.00 bits per heavy atom. The molecule has 1 aliphatic rings. The lowest BCUT2D eigenvalue weighted by atomic mass is 10.0. The van der Waals surface area contributed by atoms with Crippen molar-refractivity contribution in [2.24, 2.45) is 5.16 Å². The first-order valence-electron chi connectivity index (χ1n) is 5.74. The van der Waals surface area contributed by atoms with E-state index in [4.69, 9.17) is 11.6 Å². The van der Waals surface area contributed by atoms with Gasteiger partial charge in [-0.15, -0.1) is 0 Å². The van der Waals surface area contributed by atoms with Crippen molar-refractivity contribution in [2.45, 2.75) is 12.8 Å². The SMILES string of the molecule is O/N=C1\c2ccc(Cl)cc2CCc2cccnc21. The van der Waals surface area contributed by atoms with Gasteiger partial charge >= 0.3 is 0 Å². The first-order valence-corrected chi connectivity index (χ1v) is 6.12. The summed E-state index contributed by atoms with van der Waals surface area (Å²) in [5.41, 5.74) is 4.36. The fourth-order valence-corrected chi connectivity index (χ4v) is 2.55. The van der Waals surface area contributed by atoms with Crippen LogP contribution in [0.15, 0.2) is 41.7 Å². The predicted octanol–water partition coefficient (Wildman–Crippen LogP) is 3.06. The zero-order chi connectivity index (χ0) is 12.5. The zero-order valence-electron chi connectivity index (χ0n) is 9.60. The Kier molecular flexibility index (Phi) is 2.76. The molecule has 0 spiro atoms. The molecule has 0 bridgehead atoms. The lowest BCUT2D eigenvalue weighted by molar-refractivity contribution is 0.319. The van der Waals surface area contributed by atoms with Crippen LogP contribution in [-0.2, 0) is 12.8 Å². The number of pyridine rings is 1. The molecule has 1 heterocycles. The third kappa shape index (κ3) is 1.77. The number of nitrogens with zero attached hydrogens (tertiary/aromatic N) is 2. The van der Waals surface area contributed by atoms with Gasteiger partial charge < -0.3 is 5.21 Å². The average Bonchev–Trinajstić information content (AvgIpc) is 2.55. The van der Waals surface area contributed by atoms with E-state index < -0.39 is 0 Å². The molecular formula is C14H11ClN2O. The second-order valence-electron chi connectivity index (χ2n) is 4.26. The Balaban J connectivity index is 2.25. The van der Waals surface area contributed by atoms with Crippen molar-refractivity contribution in [3.05, 3.63) is 63.9 Å². The summed E-state index contributed by atoms with van der Waals surface area (Å²) in [7, 11) is 0. The van der Waals surface area contributed by atoms with Crippen LogP contribution in [0.25, 0.3) is 0 Å². The Morgan fingerprint density at radius 1 is 1.17 bits per heavy atom. The third-order valence-corrected chi connectivity index (χ3v) is 3.44. The van der Waals surface area contributed by atoms with Gasteiger partial charge in [0.15, 0.2) is 0 Å². The van der Waals surface area contributed by atoms with E-state index in [1.807, 2.05) is 24.3 Å². The lowest BCUT2D eigenvalue weighted by Gasteiger charge is -2.07. The summed E-state index contributed by atoms with van der Waals surface area (Å²) in [6.45, 7) is 0. The highest BCUT2D eigenvalue weighted by atomic mass is 35.5. The maximum atomic E-state index is 9.29. The summed E-state index contributed by atoms with van der Waals surface area (Å²) < 4.78 is 0. The van der Waals surface area contributed by atoms with Crippen LogP contribution in [0.5, 0.6) is 0 Å². The standard InChI is InChI=1S/C14H11ClN2O/c15-11-5-6-12-10(8-11)4-3-9-2-1-7-16-13(9)14(12)17-18/h1-2,5-8,18H,3-4H2/b17-14+. The van der Waals surface area contributed by atoms with Crippen molar-refractivity contribution in [3.8, 4) is 0 Å². The van der Waals surface area contributed by atoms with Crippen LogP contribution in [0.1, 0.15) is 22.4 Å². The van der Waals surface area contributed by atoms with Crippen LogP contribution in [0.2, 0.25) is 5.02 Å². The molecule has 4 heteroatoms. The van der Waals surface area contributed by atoms with Crippen molar-refractivity contribution in [3.63, 3.8) is 0 Å². The highest BCUT2D eigenvalue weighted by Gasteiger charge is 2.21. The largest absolute Gasteiger partial charge is 0.410 e. The van der Waals surface area contributed by atoms with Crippen LogP contribution in [0.3, 0.4) is 0 Å². The van der Waals surface area contributed by atoms with Gasteiger partial charge in [-0.1, -0.05) is 28.9 Å². The molecule has 0 saturated carbocycles. The van der Waals surface area contributed by atoms with E-state index >= 15 is 0 Å². The molecular weight excluding hydrogens is 248 g/mol. The molecule has 18 heavy (non-hydrogen) atoms. The summed E-state index contributed by atoms with van der Waals surface area (Å²) in [5.74, 6) is 0. The molecule has 0 saturated heterocycles. The van der Waals surface area contributed by atoms with E-state index in [0.717, 1.165) is 35.2 Å². The van der Waals surface area contributed by atoms with Gasteiger partial charge in [0.05, 0.1) is 5.69 Å². The highest BCUT2D eigenvalue weighted by Crippen LogP contribution is 2.25. The number of benzene rings is 1. The monoisotopic (exact) mass is 258 g/mol. The Hall–Kier alpha value is -1.87. The maximum absolute atomic E-state index is 9.29. The van der Waals surface area contributed by atoms with Gasteiger partial charge in [0.25, 0.3) is 0 Å². The van der Waals surface area contributed by atoms with E-state index in [-0.39, 0.29) is 0 Å². The molecule has 2 aromatic rings. The molecule has 0 amide bonds. The second kappa shape index (κ2) is 4.42. The zero-order valence-corrected chi connectivity index (χ0v) is 10.4. The molecule has 1 aromatic heterocycles. The first-order chi connectivity index (χ1) is 8.79. The van der Waals surface area contributed by atoms with Crippen LogP contribution < -0.4 is 0 Å². The molecule has 0 atom stereocenters. The van der Waals surface area contributed by atoms with Crippen molar-refractivity contribution in [2.75, 3.05) is 0 Å². The molecule has 3 nitrogen and oxygen atoms in total. The number of aromatic nitrogens is 1.